The summed E-state index contributed by atoms with van der Waals surface area (Å²) < 4.78 is 0. The average Bonchev–Trinajstić information content (AvgIpc) is 2.91. The first kappa shape index (κ1) is 59.0. The van der Waals surface area contributed by atoms with Crippen LogP contribution in [0.5, 0.6) is 0 Å². The van der Waals surface area contributed by atoms with Gasteiger partial charge in [-0.3, -0.25) is 0 Å². The molecule has 0 bridgehead atoms. The summed E-state index contributed by atoms with van der Waals surface area (Å²) in [4.78, 5) is 20.1. The monoisotopic (exact) mass is 811 g/mol. The Kier molecular flexibility index (Phi) is 43.1. The summed E-state index contributed by atoms with van der Waals surface area (Å²) in [6, 6.07) is 0.836. The van der Waals surface area contributed by atoms with Gasteiger partial charge in [-0.25, -0.2) is 0 Å². The third kappa shape index (κ3) is 45.8. The molecule has 0 radical (unpaired) electrons. The van der Waals surface area contributed by atoms with E-state index < -0.39 is 0 Å². The van der Waals surface area contributed by atoms with Gasteiger partial charge in [-0.15, -0.1) is 19.0 Å². The fourth-order valence-electron chi connectivity index (χ4n) is 3.61. The smallest absolute Gasteiger partial charge is 0.471 e. The second-order valence-electron chi connectivity index (χ2n) is 14.1. The predicted molar refractivity (Wildman–Crippen MR) is 202 cm³/mol. The molecule has 9 nitrogen and oxygen atoms in total. The van der Waals surface area contributed by atoms with E-state index in [1.165, 1.54) is 0 Å². The van der Waals surface area contributed by atoms with Crippen molar-refractivity contribution < 1.29 is 51.2 Å². The number of rotatable bonds is 18. The van der Waals surface area contributed by atoms with Crippen molar-refractivity contribution in [3.8, 4) is 0 Å². The predicted octanol–water partition coefficient (Wildman–Crippen LogP) is 8.36. The molecule has 0 aliphatic carbocycles. The molecule has 0 rings (SSSR count). The van der Waals surface area contributed by atoms with E-state index in [9.17, 15) is 0 Å². The molecule has 0 aromatic carbocycles. The summed E-state index contributed by atoms with van der Waals surface area (Å²) in [5.41, 5.74) is -0.0287. The standard InChI is InChI=1S/2C12H26N3.C11H24N3.3Cu/c1-7-15(8-2)9-11(3)13-10-14-12(4,5)6;1-7-15(8-2)11(3)9-13-10-14-12(4,5)6;1-6-14(7-2)9-8-12-10-13-11(3,4)5;;;/h2*10-11H,7-9H2,1-6H3;10H,6-9H2,1-5H3;;;/q3*-1;3*+1. The summed E-state index contributed by atoms with van der Waals surface area (Å²) >= 11 is 0. The maximum Gasteiger partial charge on any atom is 1.00 e. The molecule has 0 N–H and O–H groups in total. The van der Waals surface area contributed by atoms with E-state index in [1.54, 1.807) is 19.0 Å². The van der Waals surface area contributed by atoms with Crippen LogP contribution in [0.4, 0.5) is 0 Å². The van der Waals surface area contributed by atoms with Gasteiger partial charge in [0.05, 0.1) is 0 Å². The zero-order valence-corrected chi connectivity index (χ0v) is 36.2. The summed E-state index contributed by atoms with van der Waals surface area (Å²) in [5.74, 6) is 0. The quantitative estimate of drug-likeness (QED) is 0.0604. The van der Waals surface area contributed by atoms with Crippen molar-refractivity contribution in [2.45, 2.75) is 146 Å². The van der Waals surface area contributed by atoms with Crippen molar-refractivity contribution >= 4 is 19.0 Å². The Morgan fingerprint density at radius 3 is 1.30 bits per heavy atom. The Hall–Kier alpha value is -0.152. The molecule has 0 spiro atoms. The van der Waals surface area contributed by atoms with E-state index in [1.807, 2.05) is 0 Å². The molecule has 12 heteroatoms. The molecule has 2 unspecified atom stereocenters. The van der Waals surface area contributed by atoms with Crippen molar-refractivity contribution in [1.29, 1.82) is 0 Å². The average molecular weight is 814 g/mol. The SMILES string of the molecule is CCN(CC)C(C)C[N-]C=NC(C)(C)C.CCN(CC)CC(C)[N-]C=NC(C)(C)C.CCN(CC)CC[N-]C=NC(C)(C)C.[Cu+].[Cu+].[Cu+]. The fraction of sp³-hybridized carbons (Fsp3) is 0.914. The number of nitrogens with zero attached hydrogens (tertiary/aromatic N) is 9. The Morgan fingerprint density at radius 2 is 0.936 bits per heavy atom. The van der Waals surface area contributed by atoms with Crippen molar-refractivity contribution in [3.63, 3.8) is 0 Å². The van der Waals surface area contributed by atoms with Gasteiger partial charge in [0.15, 0.2) is 0 Å². The molecule has 47 heavy (non-hydrogen) atoms. The van der Waals surface area contributed by atoms with Gasteiger partial charge >= 0.3 is 51.2 Å². The van der Waals surface area contributed by atoms with Crippen LogP contribution in [0.2, 0.25) is 0 Å². The van der Waals surface area contributed by atoms with Gasteiger partial charge < -0.3 is 45.6 Å². The third-order valence-corrected chi connectivity index (χ3v) is 6.48. The number of aliphatic imine (C=N–C) groups is 3. The summed E-state index contributed by atoms with van der Waals surface area (Å²) in [5, 5.41) is 13.0. The van der Waals surface area contributed by atoms with Crippen LogP contribution in [0, 0.1) is 0 Å². The second kappa shape index (κ2) is 34.3. The first-order valence-corrected chi connectivity index (χ1v) is 17.1. The molecule has 294 valence electrons. The van der Waals surface area contributed by atoms with Crippen LogP contribution in [0.3, 0.4) is 0 Å². The zero-order chi connectivity index (χ0) is 34.8. The van der Waals surface area contributed by atoms with Crippen LogP contribution in [-0.4, -0.2) is 128 Å². The minimum absolute atomic E-state index is 0. The van der Waals surface area contributed by atoms with E-state index >= 15 is 0 Å². The normalized spacial score (nSPS) is 13.3. The first-order chi connectivity index (χ1) is 20.3. The third-order valence-electron chi connectivity index (χ3n) is 6.48. The van der Waals surface area contributed by atoms with E-state index in [4.69, 9.17) is 0 Å². The van der Waals surface area contributed by atoms with Crippen molar-refractivity contribution in [2.24, 2.45) is 15.0 Å². The number of hydrogen-bond acceptors (Lipinski definition) is 6. The summed E-state index contributed by atoms with van der Waals surface area (Å²) in [7, 11) is 0. The molecule has 0 fully saturated rings. The van der Waals surface area contributed by atoms with E-state index in [2.05, 4.69) is 163 Å². The Labute approximate surface area is 326 Å². The largest absolute Gasteiger partial charge is 1.00 e. The minimum Gasteiger partial charge on any atom is -0.471 e. The number of likely N-dealkylation sites (N-methyl/N-ethyl adjacent to an activating group) is 3. The van der Waals surface area contributed by atoms with Gasteiger partial charge in [-0.1, -0.05) is 111 Å². The molecule has 0 amide bonds. The van der Waals surface area contributed by atoms with Gasteiger partial charge in [0, 0.05) is 6.04 Å². The molecule has 2 atom stereocenters. The van der Waals surface area contributed by atoms with Gasteiger partial charge in [0.2, 0.25) is 0 Å². The maximum absolute atomic E-state index is 4.41. The van der Waals surface area contributed by atoms with Gasteiger partial charge in [-0.05, 0) is 95.0 Å². The van der Waals surface area contributed by atoms with E-state index in [0.29, 0.717) is 12.1 Å². The van der Waals surface area contributed by atoms with Crippen molar-refractivity contribution in [3.05, 3.63) is 16.0 Å². The molecule has 0 aromatic rings. The molecular weight excluding hydrogens is 737 g/mol. The van der Waals surface area contributed by atoms with Gasteiger partial charge in [0.1, 0.15) is 0 Å². The first-order valence-electron chi connectivity index (χ1n) is 17.1. The topological polar surface area (TPSA) is 89.1 Å². The Morgan fingerprint density at radius 1 is 0.553 bits per heavy atom. The van der Waals surface area contributed by atoms with Gasteiger partial charge in [0.25, 0.3) is 0 Å². The molecular formula is C35H76Cu3N9. The van der Waals surface area contributed by atoms with E-state index in [-0.39, 0.29) is 67.8 Å². The molecule has 0 saturated carbocycles. The van der Waals surface area contributed by atoms with Crippen LogP contribution in [0.1, 0.15) is 118 Å². The molecule has 0 aliphatic rings. The number of hydrogen-bond donors (Lipinski definition) is 0. The second-order valence-corrected chi connectivity index (χ2v) is 14.1. The fourth-order valence-corrected chi connectivity index (χ4v) is 3.61. The molecule has 0 aliphatic heterocycles. The van der Waals surface area contributed by atoms with Crippen LogP contribution in [-0.2, 0) is 51.2 Å². The van der Waals surface area contributed by atoms with E-state index in [0.717, 1.165) is 65.4 Å². The van der Waals surface area contributed by atoms with Crippen LogP contribution in [0.15, 0.2) is 15.0 Å². The van der Waals surface area contributed by atoms with Crippen LogP contribution in [0.25, 0.3) is 16.0 Å². The van der Waals surface area contributed by atoms with Crippen molar-refractivity contribution in [1.82, 2.24) is 14.7 Å². The van der Waals surface area contributed by atoms with Crippen molar-refractivity contribution in [2.75, 3.05) is 65.4 Å². The minimum atomic E-state index is -0.0155. The van der Waals surface area contributed by atoms with Gasteiger partial charge in [-0.2, -0.15) is 0 Å². The van der Waals surface area contributed by atoms with Crippen LogP contribution < -0.4 is 0 Å². The summed E-state index contributed by atoms with van der Waals surface area (Å²) in [6.07, 6.45) is 5.12. The zero-order valence-electron chi connectivity index (χ0n) is 33.4. The maximum atomic E-state index is 4.41. The summed E-state index contributed by atoms with van der Waals surface area (Å²) in [6.45, 7) is 46.4. The molecule has 0 heterocycles. The van der Waals surface area contributed by atoms with Crippen LogP contribution >= 0.6 is 0 Å². The Balaban J connectivity index is -0.000000130. The molecule has 0 aromatic heterocycles. The Bertz CT molecular complexity index is 719. The molecule has 0 saturated heterocycles.